The van der Waals surface area contributed by atoms with E-state index in [1.54, 1.807) is 0 Å². The zero-order valence-electron chi connectivity index (χ0n) is 17.0. The van der Waals surface area contributed by atoms with Crippen molar-refractivity contribution < 1.29 is 9.47 Å². The smallest absolute Gasteiger partial charge is 0.0518 e. The van der Waals surface area contributed by atoms with Crippen molar-refractivity contribution in [2.75, 3.05) is 19.8 Å². The molecule has 0 atom stereocenters. The molecule has 0 N–H and O–H groups in total. The highest BCUT2D eigenvalue weighted by molar-refractivity contribution is 5.08. The first-order chi connectivity index (χ1) is 12.3. The highest BCUT2D eigenvalue weighted by atomic mass is 16.5. The van der Waals surface area contributed by atoms with Crippen LogP contribution >= 0.6 is 0 Å². The maximum absolute atomic E-state index is 5.64. The second-order valence-electron chi connectivity index (χ2n) is 7.77. The third-order valence-electron chi connectivity index (χ3n) is 4.61. The van der Waals surface area contributed by atoms with E-state index >= 15 is 0 Å². The molecule has 1 aliphatic carbocycles. The van der Waals surface area contributed by atoms with Gasteiger partial charge in [0.1, 0.15) is 0 Å². The molecule has 1 saturated carbocycles. The third kappa shape index (κ3) is 18.1. The van der Waals surface area contributed by atoms with Gasteiger partial charge in [0.15, 0.2) is 0 Å². The average molecular weight is 351 g/mol. The highest BCUT2D eigenvalue weighted by Crippen LogP contribution is 2.27. The predicted molar refractivity (Wildman–Crippen MR) is 108 cm³/mol. The van der Waals surface area contributed by atoms with Crippen LogP contribution in [0.5, 0.6) is 0 Å². The summed E-state index contributed by atoms with van der Waals surface area (Å²) in [4.78, 5) is 0. The lowest BCUT2D eigenvalue weighted by Gasteiger charge is -2.07. The second kappa shape index (κ2) is 16.9. The molecule has 0 saturated heterocycles. The molecule has 2 nitrogen and oxygen atoms in total. The molecule has 2 heteroatoms. The Labute approximate surface area is 157 Å². The lowest BCUT2D eigenvalue weighted by Crippen LogP contribution is -2.07. The minimum atomic E-state index is 0.339. The monoisotopic (exact) mass is 350 g/mol. The predicted octanol–water partition coefficient (Wildman–Crippen LogP) is 6.52. The van der Waals surface area contributed by atoms with Crippen molar-refractivity contribution >= 4 is 0 Å². The molecule has 0 aromatic rings. The van der Waals surface area contributed by atoms with Crippen LogP contribution in [0.4, 0.5) is 0 Å². The summed E-state index contributed by atoms with van der Waals surface area (Å²) in [6.07, 6.45) is 18.8. The Morgan fingerprint density at radius 2 is 1.28 bits per heavy atom. The van der Waals surface area contributed by atoms with E-state index in [-0.39, 0.29) is 0 Å². The standard InChI is InChI=1S/C23H42O2/c1-22(2)25-21-15-20-24-19-14-12-10-8-6-4-3-5-7-9-11-13-16-23-17-18-23/h22-23H,3-12,14-15,17-21H2,1-2H3. The molecule has 0 spiro atoms. The van der Waals surface area contributed by atoms with E-state index in [0.717, 1.165) is 38.6 Å². The van der Waals surface area contributed by atoms with E-state index in [1.165, 1.54) is 77.0 Å². The summed E-state index contributed by atoms with van der Waals surface area (Å²) in [5.41, 5.74) is 0. The minimum absolute atomic E-state index is 0.339. The van der Waals surface area contributed by atoms with E-state index in [1.807, 2.05) is 0 Å². The van der Waals surface area contributed by atoms with Crippen molar-refractivity contribution in [3.8, 4) is 11.8 Å². The molecule has 0 heterocycles. The maximum Gasteiger partial charge on any atom is 0.0518 e. The molecule has 0 unspecified atom stereocenters. The SMILES string of the molecule is CC(C)OCCCOCCCCCCCCCCCCC#CC1CC1. The van der Waals surface area contributed by atoms with Crippen molar-refractivity contribution in [1.29, 1.82) is 0 Å². The van der Waals surface area contributed by atoms with Crippen molar-refractivity contribution in [2.24, 2.45) is 5.92 Å². The zero-order chi connectivity index (χ0) is 18.0. The molecule has 1 rings (SSSR count). The molecular formula is C23H42O2. The van der Waals surface area contributed by atoms with Gasteiger partial charge in [-0.15, -0.1) is 5.92 Å². The first-order valence-corrected chi connectivity index (χ1v) is 11.0. The summed E-state index contributed by atoms with van der Waals surface area (Å²) in [5, 5.41) is 0. The number of rotatable bonds is 17. The van der Waals surface area contributed by atoms with Crippen LogP contribution in [0.15, 0.2) is 0 Å². The molecule has 1 fully saturated rings. The number of unbranched alkanes of at least 4 members (excludes halogenated alkanes) is 10. The van der Waals surface area contributed by atoms with E-state index in [9.17, 15) is 0 Å². The van der Waals surface area contributed by atoms with Gasteiger partial charge in [-0.2, -0.15) is 0 Å². The Kier molecular flexibility index (Phi) is 15.2. The van der Waals surface area contributed by atoms with Crippen LogP contribution in [0.3, 0.4) is 0 Å². The fraction of sp³-hybridized carbons (Fsp3) is 0.913. The summed E-state index contributed by atoms with van der Waals surface area (Å²) in [7, 11) is 0. The van der Waals surface area contributed by atoms with Crippen LogP contribution in [-0.2, 0) is 9.47 Å². The minimum Gasteiger partial charge on any atom is -0.381 e. The lowest BCUT2D eigenvalue weighted by molar-refractivity contribution is 0.0507. The molecule has 146 valence electrons. The number of ether oxygens (including phenoxy) is 2. The first-order valence-electron chi connectivity index (χ1n) is 11.0. The van der Waals surface area contributed by atoms with Gasteiger partial charge < -0.3 is 9.47 Å². The molecule has 0 amide bonds. The van der Waals surface area contributed by atoms with Gasteiger partial charge in [-0.05, 0) is 46.0 Å². The Morgan fingerprint density at radius 1 is 0.720 bits per heavy atom. The van der Waals surface area contributed by atoms with Gasteiger partial charge in [0.2, 0.25) is 0 Å². The topological polar surface area (TPSA) is 18.5 Å². The first kappa shape index (κ1) is 22.5. The van der Waals surface area contributed by atoms with Crippen LogP contribution in [0, 0.1) is 17.8 Å². The third-order valence-corrected chi connectivity index (χ3v) is 4.61. The van der Waals surface area contributed by atoms with Gasteiger partial charge in [0.25, 0.3) is 0 Å². The molecule has 0 bridgehead atoms. The van der Waals surface area contributed by atoms with Crippen LogP contribution < -0.4 is 0 Å². The van der Waals surface area contributed by atoms with Crippen molar-refractivity contribution in [1.82, 2.24) is 0 Å². The molecule has 1 aliphatic rings. The molecule has 0 aromatic heterocycles. The second-order valence-corrected chi connectivity index (χ2v) is 7.77. The summed E-state index contributed by atoms with van der Waals surface area (Å²) in [6.45, 7) is 6.75. The van der Waals surface area contributed by atoms with Gasteiger partial charge in [-0.3, -0.25) is 0 Å². The Hall–Kier alpha value is -0.520. The van der Waals surface area contributed by atoms with E-state index in [2.05, 4.69) is 25.7 Å². The molecule has 25 heavy (non-hydrogen) atoms. The summed E-state index contributed by atoms with van der Waals surface area (Å²) >= 11 is 0. The Bertz CT molecular complexity index is 336. The fourth-order valence-corrected chi connectivity index (χ4v) is 2.86. The Balaban J connectivity index is 1.63. The van der Waals surface area contributed by atoms with Gasteiger partial charge in [0.05, 0.1) is 6.10 Å². The average Bonchev–Trinajstić information content (AvgIpc) is 3.41. The summed E-state index contributed by atoms with van der Waals surface area (Å²) < 4.78 is 11.1. The Morgan fingerprint density at radius 3 is 1.88 bits per heavy atom. The van der Waals surface area contributed by atoms with E-state index in [0.29, 0.717) is 6.10 Å². The van der Waals surface area contributed by atoms with Gasteiger partial charge in [0, 0.05) is 32.2 Å². The molecule has 0 aromatic carbocycles. The number of hydrogen-bond donors (Lipinski definition) is 0. The molecular weight excluding hydrogens is 308 g/mol. The van der Waals surface area contributed by atoms with Crippen LogP contribution in [0.25, 0.3) is 0 Å². The van der Waals surface area contributed by atoms with Crippen LogP contribution in [0.2, 0.25) is 0 Å². The fourth-order valence-electron chi connectivity index (χ4n) is 2.86. The van der Waals surface area contributed by atoms with Crippen molar-refractivity contribution in [3.63, 3.8) is 0 Å². The maximum atomic E-state index is 5.64. The summed E-state index contributed by atoms with van der Waals surface area (Å²) in [6, 6.07) is 0. The highest BCUT2D eigenvalue weighted by Gasteiger charge is 2.17. The van der Waals surface area contributed by atoms with E-state index in [4.69, 9.17) is 9.47 Å². The van der Waals surface area contributed by atoms with Crippen molar-refractivity contribution in [3.05, 3.63) is 0 Å². The normalized spacial score (nSPS) is 13.9. The lowest BCUT2D eigenvalue weighted by atomic mass is 10.1. The van der Waals surface area contributed by atoms with Crippen LogP contribution in [0.1, 0.15) is 104 Å². The number of hydrogen-bond acceptors (Lipinski definition) is 2. The molecule has 0 radical (unpaired) electrons. The van der Waals surface area contributed by atoms with E-state index < -0.39 is 0 Å². The van der Waals surface area contributed by atoms with Gasteiger partial charge in [-0.25, -0.2) is 0 Å². The molecule has 0 aliphatic heterocycles. The van der Waals surface area contributed by atoms with Gasteiger partial charge >= 0.3 is 0 Å². The quantitative estimate of drug-likeness (QED) is 0.219. The van der Waals surface area contributed by atoms with Crippen molar-refractivity contribution in [2.45, 2.75) is 110 Å². The zero-order valence-corrected chi connectivity index (χ0v) is 17.0. The van der Waals surface area contributed by atoms with Gasteiger partial charge in [-0.1, -0.05) is 57.3 Å². The van der Waals surface area contributed by atoms with Crippen LogP contribution in [-0.4, -0.2) is 25.9 Å². The summed E-state index contributed by atoms with van der Waals surface area (Å²) in [5.74, 6) is 7.46. The largest absolute Gasteiger partial charge is 0.381 e.